The van der Waals surface area contributed by atoms with E-state index >= 15 is 0 Å². The number of halogens is 2. The fourth-order valence-electron chi connectivity index (χ4n) is 3.83. The summed E-state index contributed by atoms with van der Waals surface area (Å²) < 4.78 is 5.09. The Bertz CT molecular complexity index is 620. The molecule has 0 aromatic heterocycles. The van der Waals surface area contributed by atoms with Crippen LogP contribution in [0.1, 0.15) is 32.1 Å². The molecule has 2 aliphatic rings. The number of nitrogens with one attached hydrogen (secondary N) is 1. The quantitative estimate of drug-likeness (QED) is 0.801. The Balaban J connectivity index is 1.43. The van der Waals surface area contributed by atoms with Gasteiger partial charge in [-0.05, 0) is 49.1 Å². The first-order chi connectivity index (χ1) is 11.0. The Kier molecular flexibility index (Phi) is 5.12. The van der Waals surface area contributed by atoms with Crippen LogP contribution in [0, 0.1) is 17.8 Å². The van der Waals surface area contributed by atoms with Crippen LogP contribution in [0.5, 0.6) is 0 Å². The van der Waals surface area contributed by atoms with Gasteiger partial charge < -0.3 is 10.1 Å². The second-order valence-corrected chi connectivity index (χ2v) is 7.23. The lowest BCUT2D eigenvalue weighted by atomic mass is 9.86. The van der Waals surface area contributed by atoms with Gasteiger partial charge in [-0.15, -0.1) is 0 Å². The lowest BCUT2D eigenvalue weighted by Crippen LogP contribution is -2.23. The van der Waals surface area contributed by atoms with Gasteiger partial charge in [-0.1, -0.05) is 35.7 Å². The second-order valence-electron chi connectivity index (χ2n) is 6.45. The first-order valence-electron chi connectivity index (χ1n) is 7.92. The molecule has 2 bridgehead atoms. The van der Waals surface area contributed by atoms with Gasteiger partial charge in [-0.2, -0.15) is 0 Å². The van der Waals surface area contributed by atoms with Crippen molar-refractivity contribution >= 4 is 40.8 Å². The molecule has 1 aromatic carbocycles. The van der Waals surface area contributed by atoms with Crippen molar-refractivity contribution in [2.24, 2.45) is 17.8 Å². The molecule has 124 valence electrons. The number of amides is 1. The van der Waals surface area contributed by atoms with Crippen LogP contribution < -0.4 is 5.32 Å². The third-order valence-electron chi connectivity index (χ3n) is 4.90. The average Bonchev–Trinajstić information content (AvgIpc) is 3.12. The fraction of sp³-hybridized carbons (Fsp3) is 0.529. The van der Waals surface area contributed by atoms with Crippen molar-refractivity contribution in [1.82, 2.24) is 0 Å². The van der Waals surface area contributed by atoms with Crippen LogP contribution in [0.3, 0.4) is 0 Å². The van der Waals surface area contributed by atoms with Crippen LogP contribution in [0.25, 0.3) is 0 Å². The van der Waals surface area contributed by atoms with Crippen LogP contribution in [0.2, 0.25) is 10.0 Å². The van der Waals surface area contributed by atoms with Crippen LogP contribution in [0.4, 0.5) is 5.69 Å². The normalized spacial score (nSPS) is 25.4. The highest BCUT2D eigenvalue weighted by atomic mass is 35.5. The van der Waals surface area contributed by atoms with E-state index in [0.717, 1.165) is 12.3 Å². The molecule has 1 amide bonds. The molecule has 3 rings (SSSR count). The van der Waals surface area contributed by atoms with E-state index in [0.29, 0.717) is 29.0 Å². The number of fused-ring (bicyclic) bond motifs is 2. The van der Waals surface area contributed by atoms with Crippen molar-refractivity contribution in [3.05, 3.63) is 28.2 Å². The van der Waals surface area contributed by atoms with Gasteiger partial charge in [0, 0.05) is 6.42 Å². The molecule has 0 spiro atoms. The maximum Gasteiger partial charge on any atom is 0.306 e. The molecule has 2 saturated carbocycles. The van der Waals surface area contributed by atoms with Crippen LogP contribution in [-0.2, 0) is 14.3 Å². The van der Waals surface area contributed by atoms with Crippen molar-refractivity contribution in [1.29, 1.82) is 0 Å². The van der Waals surface area contributed by atoms with Crippen molar-refractivity contribution < 1.29 is 14.3 Å². The number of hydrogen-bond acceptors (Lipinski definition) is 3. The molecule has 1 N–H and O–H groups in total. The summed E-state index contributed by atoms with van der Waals surface area (Å²) in [6, 6.07) is 4.96. The molecular formula is C17H19Cl2NO3. The molecule has 1 aromatic rings. The number of benzene rings is 1. The standard InChI is InChI=1S/C17H19Cl2NO3/c18-13-2-1-3-14(17(13)19)20-15(21)9-23-16(22)8-12-7-10-4-5-11(12)6-10/h1-3,10-12H,4-9H2,(H,20,21)/t10-,11+,12-/m0/s1. The summed E-state index contributed by atoms with van der Waals surface area (Å²) >= 11 is 11.9. The molecule has 0 aliphatic heterocycles. The highest BCUT2D eigenvalue weighted by Gasteiger charge is 2.40. The third kappa shape index (κ3) is 3.99. The van der Waals surface area contributed by atoms with E-state index < -0.39 is 5.91 Å². The molecular weight excluding hydrogens is 337 g/mol. The van der Waals surface area contributed by atoms with Crippen LogP contribution >= 0.6 is 23.2 Å². The van der Waals surface area contributed by atoms with Gasteiger partial charge in [0.1, 0.15) is 0 Å². The smallest absolute Gasteiger partial charge is 0.306 e. The Morgan fingerprint density at radius 1 is 1.22 bits per heavy atom. The number of rotatable bonds is 5. The van der Waals surface area contributed by atoms with Gasteiger partial charge in [0.05, 0.1) is 15.7 Å². The highest BCUT2D eigenvalue weighted by Crippen LogP contribution is 2.49. The number of ether oxygens (including phenoxy) is 1. The van der Waals surface area contributed by atoms with Crippen LogP contribution in [0.15, 0.2) is 18.2 Å². The van der Waals surface area contributed by atoms with E-state index in [1.54, 1.807) is 18.2 Å². The number of anilines is 1. The molecule has 0 saturated heterocycles. The second kappa shape index (κ2) is 7.10. The zero-order chi connectivity index (χ0) is 16.4. The number of hydrogen-bond donors (Lipinski definition) is 1. The topological polar surface area (TPSA) is 55.4 Å². The maximum atomic E-state index is 11.9. The summed E-state index contributed by atoms with van der Waals surface area (Å²) in [7, 11) is 0. The fourth-order valence-corrected chi connectivity index (χ4v) is 4.18. The van der Waals surface area contributed by atoms with Crippen molar-refractivity contribution in [2.45, 2.75) is 32.1 Å². The minimum absolute atomic E-state index is 0.274. The van der Waals surface area contributed by atoms with E-state index in [1.165, 1.54) is 19.3 Å². The first kappa shape index (κ1) is 16.6. The van der Waals surface area contributed by atoms with Crippen molar-refractivity contribution in [3.8, 4) is 0 Å². The van der Waals surface area contributed by atoms with Crippen molar-refractivity contribution in [3.63, 3.8) is 0 Å². The Hall–Kier alpha value is -1.26. The predicted octanol–water partition coefficient (Wildman–Crippen LogP) is 4.30. The average molecular weight is 356 g/mol. The molecule has 0 heterocycles. The Morgan fingerprint density at radius 3 is 2.74 bits per heavy atom. The van der Waals surface area contributed by atoms with Gasteiger partial charge in [-0.3, -0.25) is 9.59 Å². The predicted molar refractivity (Wildman–Crippen MR) is 89.6 cm³/mol. The lowest BCUT2D eigenvalue weighted by molar-refractivity contribution is -0.148. The first-order valence-corrected chi connectivity index (χ1v) is 8.68. The van der Waals surface area contributed by atoms with E-state index in [4.69, 9.17) is 27.9 Å². The van der Waals surface area contributed by atoms with Gasteiger partial charge in [0.2, 0.25) is 0 Å². The highest BCUT2D eigenvalue weighted by molar-refractivity contribution is 6.43. The zero-order valence-corrected chi connectivity index (χ0v) is 14.2. The number of esters is 1. The Labute approximate surface area is 145 Å². The van der Waals surface area contributed by atoms with Crippen molar-refractivity contribution in [2.75, 3.05) is 11.9 Å². The zero-order valence-electron chi connectivity index (χ0n) is 12.7. The number of carbonyl (C=O) groups is 2. The van der Waals surface area contributed by atoms with Gasteiger partial charge >= 0.3 is 5.97 Å². The summed E-state index contributed by atoms with van der Waals surface area (Å²) in [5, 5.41) is 3.23. The maximum absolute atomic E-state index is 11.9. The molecule has 2 fully saturated rings. The van der Waals surface area contributed by atoms with Crippen LogP contribution in [-0.4, -0.2) is 18.5 Å². The van der Waals surface area contributed by atoms with E-state index in [-0.39, 0.29) is 17.6 Å². The SMILES string of the molecule is O=C(COC(=O)C[C@@H]1C[C@H]2CC[C@@H]1C2)Nc1cccc(Cl)c1Cl. The molecule has 2 aliphatic carbocycles. The lowest BCUT2D eigenvalue weighted by Gasteiger charge is -2.20. The van der Waals surface area contributed by atoms with Gasteiger partial charge in [-0.25, -0.2) is 0 Å². The molecule has 23 heavy (non-hydrogen) atoms. The van der Waals surface area contributed by atoms with Gasteiger partial charge in [0.25, 0.3) is 5.91 Å². The molecule has 0 unspecified atom stereocenters. The summed E-state index contributed by atoms with van der Waals surface area (Å²) in [6.07, 6.45) is 5.34. The monoisotopic (exact) mass is 355 g/mol. The molecule has 3 atom stereocenters. The minimum atomic E-state index is -0.421. The molecule has 6 heteroatoms. The van der Waals surface area contributed by atoms with E-state index in [1.807, 2.05) is 0 Å². The minimum Gasteiger partial charge on any atom is -0.456 e. The summed E-state index contributed by atoms with van der Waals surface area (Å²) in [5.41, 5.74) is 0.410. The number of carbonyl (C=O) groups excluding carboxylic acids is 2. The molecule has 0 radical (unpaired) electrons. The van der Waals surface area contributed by atoms with E-state index in [9.17, 15) is 9.59 Å². The largest absolute Gasteiger partial charge is 0.456 e. The summed E-state index contributed by atoms with van der Waals surface area (Å²) in [4.78, 5) is 23.8. The summed E-state index contributed by atoms with van der Waals surface area (Å²) in [5.74, 6) is 1.19. The van der Waals surface area contributed by atoms with Gasteiger partial charge in [0.15, 0.2) is 6.61 Å². The summed E-state index contributed by atoms with van der Waals surface area (Å²) in [6.45, 7) is -0.303. The van der Waals surface area contributed by atoms with E-state index in [2.05, 4.69) is 5.32 Å². The Morgan fingerprint density at radius 2 is 2.04 bits per heavy atom. The third-order valence-corrected chi connectivity index (χ3v) is 5.72. The molecule has 4 nitrogen and oxygen atoms in total.